The minimum Gasteiger partial charge on any atom is -0.162 e. The Labute approximate surface area is 127 Å². The molecule has 0 saturated heterocycles. The van der Waals surface area contributed by atoms with Crippen LogP contribution in [0.3, 0.4) is 0 Å². The second-order valence-electron chi connectivity index (χ2n) is 5.97. The van der Waals surface area contributed by atoms with E-state index in [0.29, 0.717) is 0 Å². The lowest BCUT2D eigenvalue weighted by Gasteiger charge is -2.13. The molecule has 0 aromatic rings. The van der Waals surface area contributed by atoms with E-state index < -0.39 is 0 Å². The third kappa shape index (κ3) is 14.6. The molecule has 0 spiro atoms. The molecule has 0 bridgehead atoms. The highest BCUT2D eigenvalue weighted by Crippen LogP contribution is 2.19. The second-order valence-corrected chi connectivity index (χ2v) is 7.12. The number of unbranched alkanes of at least 4 members (excludes halogenated alkanes) is 8. The maximum Gasteiger partial charge on any atom is -0.00392 e. The van der Waals surface area contributed by atoms with Crippen LogP contribution in [-0.2, 0) is 0 Å². The average molecular weight is 287 g/mol. The van der Waals surface area contributed by atoms with Gasteiger partial charge in [0.25, 0.3) is 0 Å². The van der Waals surface area contributed by atoms with E-state index in [2.05, 4.69) is 32.5 Å². The van der Waals surface area contributed by atoms with Crippen LogP contribution < -0.4 is 0 Å². The van der Waals surface area contributed by atoms with Gasteiger partial charge in [0.2, 0.25) is 0 Å². The summed E-state index contributed by atoms with van der Waals surface area (Å²) < 4.78 is 0. The Hall–Kier alpha value is 0.350. The molecule has 0 aliphatic rings. The summed E-state index contributed by atoms with van der Waals surface area (Å²) in [6.07, 6.45) is 17.2. The Morgan fingerprint density at radius 3 is 1.84 bits per heavy atom. The number of hydrogen-bond donors (Lipinski definition) is 0. The molecular formula is C18H38S. The molecule has 0 saturated carbocycles. The SMILES string of the molecule is CCCCCCCCCCSCC(CC)CCCC. The van der Waals surface area contributed by atoms with E-state index in [1.165, 1.54) is 88.6 Å². The van der Waals surface area contributed by atoms with Gasteiger partial charge >= 0.3 is 0 Å². The lowest BCUT2D eigenvalue weighted by Crippen LogP contribution is -2.02. The van der Waals surface area contributed by atoms with Crippen molar-refractivity contribution in [1.82, 2.24) is 0 Å². The quantitative estimate of drug-likeness (QED) is 0.290. The number of rotatable bonds is 15. The minimum atomic E-state index is 0.985. The van der Waals surface area contributed by atoms with Gasteiger partial charge < -0.3 is 0 Å². The first kappa shape index (κ1) is 19.4. The van der Waals surface area contributed by atoms with Gasteiger partial charge in [-0.05, 0) is 30.3 Å². The summed E-state index contributed by atoms with van der Waals surface area (Å²) >= 11 is 2.21. The van der Waals surface area contributed by atoms with Crippen LogP contribution in [0.5, 0.6) is 0 Å². The van der Waals surface area contributed by atoms with Crippen LogP contribution in [0.1, 0.15) is 97.8 Å². The Morgan fingerprint density at radius 1 is 0.684 bits per heavy atom. The fraction of sp³-hybridized carbons (Fsp3) is 1.00. The molecule has 0 N–H and O–H groups in total. The maximum absolute atomic E-state index is 2.36. The highest BCUT2D eigenvalue weighted by Gasteiger charge is 2.05. The Morgan fingerprint density at radius 2 is 1.26 bits per heavy atom. The molecule has 19 heavy (non-hydrogen) atoms. The first-order chi connectivity index (χ1) is 9.35. The van der Waals surface area contributed by atoms with Crippen LogP contribution in [-0.4, -0.2) is 11.5 Å². The molecule has 0 heterocycles. The Balaban J connectivity index is 3.16. The molecule has 1 atom stereocenters. The molecular weight excluding hydrogens is 248 g/mol. The largest absolute Gasteiger partial charge is 0.162 e. The van der Waals surface area contributed by atoms with Crippen molar-refractivity contribution in [2.24, 2.45) is 5.92 Å². The van der Waals surface area contributed by atoms with Gasteiger partial charge in [0.1, 0.15) is 0 Å². The molecule has 0 radical (unpaired) electrons. The molecule has 116 valence electrons. The van der Waals surface area contributed by atoms with Gasteiger partial charge in [0.05, 0.1) is 0 Å². The van der Waals surface area contributed by atoms with Crippen molar-refractivity contribution in [2.75, 3.05) is 11.5 Å². The number of thioether (sulfide) groups is 1. The zero-order chi connectivity index (χ0) is 14.2. The summed E-state index contributed by atoms with van der Waals surface area (Å²) in [5.41, 5.74) is 0. The standard InChI is InChI=1S/C18H38S/c1-4-7-9-10-11-12-13-14-16-19-17-18(6-3)15-8-5-2/h18H,4-17H2,1-3H3. The molecule has 0 aliphatic heterocycles. The molecule has 1 unspecified atom stereocenters. The van der Waals surface area contributed by atoms with Crippen molar-refractivity contribution in [3.8, 4) is 0 Å². The average Bonchev–Trinajstić information content (AvgIpc) is 2.44. The fourth-order valence-corrected chi connectivity index (χ4v) is 3.80. The smallest absolute Gasteiger partial charge is 0.00392 e. The molecule has 0 fully saturated rings. The van der Waals surface area contributed by atoms with Crippen molar-refractivity contribution in [1.29, 1.82) is 0 Å². The van der Waals surface area contributed by atoms with Crippen LogP contribution in [0.15, 0.2) is 0 Å². The predicted octanol–water partition coefficient (Wildman–Crippen LogP) is 7.08. The van der Waals surface area contributed by atoms with E-state index in [-0.39, 0.29) is 0 Å². The van der Waals surface area contributed by atoms with Crippen molar-refractivity contribution in [3.05, 3.63) is 0 Å². The summed E-state index contributed by atoms with van der Waals surface area (Å²) in [5, 5.41) is 0. The second kappa shape index (κ2) is 16.4. The molecule has 0 nitrogen and oxygen atoms in total. The molecule has 0 aromatic carbocycles. The Bertz CT molecular complexity index is 156. The summed E-state index contributed by atoms with van der Waals surface area (Å²) in [7, 11) is 0. The van der Waals surface area contributed by atoms with Gasteiger partial charge in [-0.25, -0.2) is 0 Å². The van der Waals surface area contributed by atoms with E-state index in [9.17, 15) is 0 Å². The normalized spacial score (nSPS) is 12.8. The third-order valence-electron chi connectivity index (χ3n) is 4.04. The van der Waals surface area contributed by atoms with Gasteiger partial charge in [0.15, 0.2) is 0 Å². The fourth-order valence-electron chi connectivity index (χ4n) is 2.49. The zero-order valence-electron chi connectivity index (χ0n) is 13.9. The van der Waals surface area contributed by atoms with Crippen LogP contribution >= 0.6 is 11.8 Å². The lowest BCUT2D eigenvalue weighted by atomic mass is 10.0. The first-order valence-corrected chi connectivity index (χ1v) is 10.1. The summed E-state index contributed by atoms with van der Waals surface area (Å²) in [5.74, 6) is 3.80. The molecule has 1 heteroatoms. The van der Waals surface area contributed by atoms with E-state index in [1.807, 2.05) is 0 Å². The summed E-state index contributed by atoms with van der Waals surface area (Å²) in [6, 6.07) is 0. The van der Waals surface area contributed by atoms with Gasteiger partial charge in [-0.2, -0.15) is 11.8 Å². The van der Waals surface area contributed by atoms with Crippen LogP contribution in [0.25, 0.3) is 0 Å². The summed E-state index contributed by atoms with van der Waals surface area (Å²) in [6.45, 7) is 6.96. The van der Waals surface area contributed by atoms with E-state index in [0.717, 1.165) is 5.92 Å². The predicted molar refractivity (Wildman–Crippen MR) is 93.2 cm³/mol. The highest BCUT2D eigenvalue weighted by molar-refractivity contribution is 7.99. The third-order valence-corrected chi connectivity index (χ3v) is 5.32. The van der Waals surface area contributed by atoms with Gasteiger partial charge in [-0.1, -0.05) is 85.0 Å². The van der Waals surface area contributed by atoms with Crippen LogP contribution in [0.4, 0.5) is 0 Å². The Kier molecular flexibility index (Phi) is 16.7. The van der Waals surface area contributed by atoms with Crippen LogP contribution in [0.2, 0.25) is 0 Å². The van der Waals surface area contributed by atoms with Gasteiger partial charge in [0, 0.05) is 0 Å². The molecule has 0 aromatic heterocycles. The molecule has 0 amide bonds. The minimum absolute atomic E-state index is 0.985. The van der Waals surface area contributed by atoms with Crippen LogP contribution in [0, 0.1) is 5.92 Å². The molecule has 0 aliphatic carbocycles. The maximum atomic E-state index is 2.36. The number of hydrogen-bond acceptors (Lipinski definition) is 1. The van der Waals surface area contributed by atoms with Crippen molar-refractivity contribution < 1.29 is 0 Å². The zero-order valence-corrected chi connectivity index (χ0v) is 14.7. The van der Waals surface area contributed by atoms with E-state index >= 15 is 0 Å². The van der Waals surface area contributed by atoms with Gasteiger partial charge in [-0.15, -0.1) is 0 Å². The lowest BCUT2D eigenvalue weighted by molar-refractivity contribution is 0.499. The van der Waals surface area contributed by atoms with E-state index in [4.69, 9.17) is 0 Å². The van der Waals surface area contributed by atoms with E-state index in [1.54, 1.807) is 0 Å². The monoisotopic (exact) mass is 286 g/mol. The topological polar surface area (TPSA) is 0 Å². The van der Waals surface area contributed by atoms with Crippen molar-refractivity contribution in [2.45, 2.75) is 97.8 Å². The van der Waals surface area contributed by atoms with Crippen molar-refractivity contribution >= 4 is 11.8 Å². The van der Waals surface area contributed by atoms with Gasteiger partial charge in [-0.3, -0.25) is 0 Å². The highest BCUT2D eigenvalue weighted by atomic mass is 32.2. The van der Waals surface area contributed by atoms with Crippen molar-refractivity contribution in [3.63, 3.8) is 0 Å². The molecule has 0 rings (SSSR count). The summed E-state index contributed by atoms with van der Waals surface area (Å²) in [4.78, 5) is 0. The first-order valence-electron chi connectivity index (χ1n) is 8.92.